The number of aliphatic hydroxyl groups is 1. The Bertz CT molecular complexity index is 233. The van der Waals surface area contributed by atoms with Gasteiger partial charge in [0, 0.05) is 6.54 Å². The second-order valence-electron chi connectivity index (χ2n) is 3.87. The number of nitriles is 1. The lowest BCUT2D eigenvalue weighted by Gasteiger charge is -2.15. The number of amides is 1. The van der Waals surface area contributed by atoms with Gasteiger partial charge in [-0.25, -0.2) is 0 Å². The van der Waals surface area contributed by atoms with E-state index in [4.69, 9.17) is 16.1 Å². The highest BCUT2D eigenvalue weighted by molar-refractivity contribution is 5.78. The van der Waals surface area contributed by atoms with Crippen LogP contribution in [0.5, 0.6) is 0 Å². The first kappa shape index (κ1) is 12.9. The molecule has 0 aromatic rings. The molecule has 4 N–H and O–H groups in total. The van der Waals surface area contributed by atoms with Gasteiger partial charge >= 0.3 is 0 Å². The zero-order valence-electron chi connectivity index (χ0n) is 8.58. The van der Waals surface area contributed by atoms with Gasteiger partial charge in [-0.2, -0.15) is 5.26 Å². The van der Waals surface area contributed by atoms with Gasteiger partial charge in [0.1, 0.15) is 6.10 Å². The van der Waals surface area contributed by atoms with Gasteiger partial charge in [0.25, 0.3) is 0 Å². The Hall–Kier alpha value is -1.12. The predicted molar refractivity (Wildman–Crippen MR) is 52.1 cm³/mol. The molecule has 5 nitrogen and oxygen atoms in total. The Kier molecular flexibility index (Phi) is 5.13. The largest absolute Gasteiger partial charge is 0.382 e. The average Bonchev–Trinajstić information content (AvgIpc) is 2.12. The third kappa shape index (κ3) is 5.51. The summed E-state index contributed by atoms with van der Waals surface area (Å²) in [7, 11) is 0. The summed E-state index contributed by atoms with van der Waals surface area (Å²) in [5.74, 6) is -0.739. The van der Waals surface area contributed by atoms with Crippen LogP contribution < -0.4 is 11.1 Å². The lowest BCUT2D eigenvalue weighted by Crippen LogP contribution is -2.38. The van der Waals surface area contributed by atoms with Gasteiger partial charge in [-0.3, -0.25) is 4.79 Å². The molecule has 0 rings (SSSR count). The van der Waals surface area contributed by atoms with Crippen molar-refractivity contribution in [2.24, 2.45) is 11.1 Å². The highest BCUT2D eigenvalue weighted by Crippen LogP contribution is 2.16. The number of carbonyl (C=O) groups excluding carboxylic acids is 1. The van der Waals surface area contributed by atoms with E-state index in [9.17, 15) is 4.79 Å². The molecule has 0 aliphatic carbocycles. The van der Waals surface area contributed by atoms with Crippen molar-refractivity contribution in [2.75, 3.05) is 13.1 Å². The summed E-state index contributed by atoms with van der Waals surface area (Å²) < 4.78 is 0. The average molecular weight is 199 g/mol. The molecule has 0 spiro atoms. The first-order chi connectivity index (χ1) is 6.39. The number of hydrogen-bond donors (Lipinski definition) is 3. The van der Waals surface area contributed by atoms with Crippen LogP contribution in [0.25, 0.3) is 0 Å². The molecule has 0 aromatic carbocycles. The van der Waals surface area contributed by atoms with Crippen molar-refractivity contribution in [1.82, 2.24) is 5.32 Å². The van der Waals surface area contributed by atoms with Crippen LogP contribution in [-0.4, -0.2) is 30.2 Å². The Morgan fingerprint density at radius 1 is 1.71 bits per heavy atom. The maximum atomic E-state index is 10.4. The lowest BCUT2D eigenvalue weighted by atomic mass is 9.91. The lowest BCUT2D eigenvalue weighted by molar-refractivity contribution is -0.125. The fraction of sp³-hybridized carbons (Fsp3) is 0.778. The molecule has 0 aliphatic rings. The van der Waals surface area contributed by atoms with Gasteiger partial charge < -0.3 is 16.2 Å². The van der Waals surface area contributed by atoms with E-state index in [1.165, 1.54) is 0 Å². The highest BCUT2D eigenvalue weighted by Gasteiger charge is 2.16. The SMILES string of the molecule is CC(C)(C#N)CCNCC(O)C(N)=O. The topological polar surface area (TPSA) is 99.1 Å². The zero-order chi connectivity index (χ0) is 11.2. The molecule has 1 atom stereocenters. The Morgan fingerprint density at radius 2 is 2.29 bits per heavy atom. The fourth-order valence-electron chi connectivity index (χ4n) is 0.796. The third-order valence-corrected chi connectivity index (χ3v) is 1.90. The maximum absolute atomic E-state index is 10.4. The van der Waals surface area contributed by atoms with Gasteiger partial charge in [0.15, 0.2) is 0 Å². The van der Waals surface area contributed by atoms with E-state index in [-0.39, 0.29) is 12.0 Å². The molecule has 0 radical (unpaired) electrons. The molecule has 0 aromatic heterocycles. The minimum Gasteiger partial charge on any atom is -0.382 e. The van der Waals surface area contributed by atoms with Crippen molar-refractivity contribution in [3.05, 3.63) is 0 Å². The molecule has 0 heterocycles. The van der Waals surface area contributed by atoms with Crippen LogP contribution in [0.2, 0.25) is 0 Å². The molecule has 14 heavy (non-hydrogen) atoms. The first-order valence-electron chi connectivity index (χ1n) is 4.48. The third-order valence-electron chi connectivity index (χ3n) is 1.90. The molecule has 0 fully saturated rings. The summed E-state index contributed by atoms with van der Waals surface area (Å²) in [5, 5.41) is 20.6. The van der Waals surface area contributed by atoms with Crippen LogP contribution >= 0.6 is 0 Å². The van der Waals surface area contributed by atoms with Crippen molar-refractivity contribution in [2.45, 2.75) is 26.4 Å². The van der Waals surface area contributed by atoms with Gasteiger partial charge in [-0.1, -0.05) is 0 Å². The number of rotatable bonds is 6. The van der Waals surface area contributed by atoms with E-state index in [1.807, 2.05) is 13.8 Å². The number of carbonyl (C=O) groups is 1. The van der Waals surface area contributed by atoms with Crippen LogP contribution in [0.15, 0.2) is 0 Å². The molecule has 80 valence electrons. The minimum absolute atomic E-state index is 0.136. The molecule has 1 unspecified atom stereocenters. The van der Waals surface area contributed by atoms with Crippen molar-refractivity contribution >= 4 is 5.91 Å². The quantitative estimate of drug-likeness (QED) is 0.495. The summed E-state index contributed by atoms with van der Waals surface area (Å²) in [6.45, 7) is 4.38. The number of aliphatic hydroxyl groups excluding tert-OH is 1. The summed E-state index contributed by atoms with van der Waals surface area (Å²) in [6.07, 6.45) is -0.491. The minimum atomic E-state index is -1.15. The van der Waals surface area contributed by atoms with Crippen LogP contribution in [0, 0.1) is 16.7 Å². The van der Waals surface area contributed by atoms with Gasteiger partial charge in [-0.15, -0.1) is 0 Å². The first-order valence-corrected chi connectivity index (χ1v) is 4.48. The Labute approximate surface area is 83.9 Å². The smallest absolute Gasteiger partial charge is 0.247 e. The molecular weight excluding hydrogens is 182 g/mol. The summed E-state index contributed by atoms with van der Waals surface area (Å²) in [5.41, 5.74) is 4.46. The monoisotopic (exact) mass is 199 g/mol. The van der Waals surface area contributed by atoms with Crippen molar-refractivity contribution in [3.63, 3.8) is 0 Å². The second kappa shape index (κ2) is 5.58. The summed E-state index contributed by atoms with van der Waals surface area (Å²) in [4.78, 5) is 10.4. The van der Waals surface area contributed by atoms with Crippen LogP contribution in [0.4, 0.5) is 0 Å². The highest BCUT2D eigenvalue weighted by atomic mass is 16.3. The molecular formula is C9H17N3O2. The predicted octanol–water partition coefficient (Wildman–Crippen LogP) is -0.638. The molecule has 1 amide bonds. The van der Waals surface area contributed by atoms with E-state index in [2.05, 4.69) is 11.4 Å². The number of hydrogen-bond acceptors (Lipinski definition) is 4. The number of nitrogens with one attached hydrogen (secondary N) is 1. The number of primary amides is 1. The van der Waals surface area contributed by atoms with Crippen LogP contribution in [-0.2, 0) is 4.79 Å². The van der Waals surface area contributed by atoms with Crippen LogP contribution in [0.1, 0.15) is 20.3 Å². The molecule has 0 aliphatic heterocycles. The van der Waals surface area contributed by atoms with Crippen molar-refractivity contribution in [1.29, 1.82) is 5.26 Å². The number of nitrogens with two attached hydrogens (primary N) is 1. The Balaban J connectivity index is 3.58. The summed E-state index contributed by atoms with van der Waals surface area (Å²) >= 11 is 0. The van der Waals surface area contributed by atoms with Gasteiger partial charge in [0.05, 0.1) is 11.5 Å². The van der Waals surface area contributed by atoms with E-state index in [1.54, 1.807) is 0 Å². The molecule has 0 saturated heterocycles. The normalized spacial score (nSPS) is 13.3. The molecule has 0 saturated carbocycles. The van der Waals surface area contributed by atoms with E-state index < -0.39 is 12.0 Å². The standard InChI is InChI=1S/C9H17N3O2/c1-9(2,6-10)3-4-12-5-7(13)8(11)14/h7,12-13H,3-5H2,1-2H3,(H2,11,14). The van der Waals surface area contributed by atoms with Gasteiger partial charge in [0.2, 0.25) is 5.91 Å². The van der Waals surface area contributed by atoms with Crippen molar-refractivity contribution in [3.8, 4) is 6.07 Å². The van der Waals surface area contributed by atoms with Crippen molar-refractivity contribution < 1.29 is 9.90 Å². The number of nitrogens with zero attached hydrogens (tertiary/aromatic N) is 1. The fourth-order valence-corrected chi connectivity index (χ4v) is 0.796. The molecule has 0 bridgehead atoms. The second-order valence-corrected chi connectivity index (χ2v) is 3.87. The Morgan fingerprint density at radius 3 is 2.71 bits per heavy atom. The van der Waals surface area contributed by atoms with Crippen LogP contribution in [0.3, 0.4) is 0 Å². The maximum Gasteiger partial charge on any atom is 0.247 e. The van der Waals surface area contributed by atoms with E-state index in [0.717, 1.165) is 0 Å². The zero-order valence-corrected chi connectivity index (χ0v) is 8.58. The van der Waals surface area contributed by atoms with E-state index in [0.29, 0.717) is 13.0 Å². The van der Waals surface area contributed by atoms with Gasteiger partial charge in [-0.05, 0) is 26.8 Å². The molecule has 5 heteroatoms. The van der Waals surface area contributed by atoms with E-state index >= 15 is 0 Å². The summed E-state index contributed by atoms with van der Waals surface area (Å²) in [6, 6.07) is 2.16.